The van der Waals surface area contributed by atoms with Gasteiger partial charge in [-0.05, 0) is 61.3 Å². The second-order valence-electron chi connectivity index (χ2n) is 10.9. The molecule has 2 fully saturated rings. The third-order valence-electron chi connectivity index (χ3n) is 8.33. The topological polar surface area (TPSA) is 74.9 Å². The fourth-order valence-electron chi connectivity index (χ4n) is 6.05. The average Bonchev–Trinajstić information content (AvgIpc) is 3.51. The van der Waals surface area contributed by atoms with Crippen LogP contribution in [0.2, 0.25) is 0 Å². The Labute approximate surface area is 241 Å². The normalized spacial score (nSPS) is 17.2. The molecule has 3 aromatic carbocycles. The SMILES string of the molecule is COc1ccc(-c2noc(CN3CCC(C(=O)N4CCN(C(c5ccccc5)c5ccccc5)CC4)CC3)n2)cc1. The lowest BCUT2D eigenvalue weighted by atomic mass is 9.94. The van der Waals surface area contributed by atoms with E-state index in [9.17, 15) is 4.79 Å². The molecule has 3 heterocycles. The van der Waals surface area contributed by atoms with Gasteiger partial charge in [0.15, 0.2) is 0 Å². The molecule has 41 heavy (non-hydrogen) atoms. The molecule has 0 bridgehead atoms. The standard InChI is InChI=1S/C33H37N5O3/c1-40-29-14-12-27(13-15-29)32-34-30(41-35-32)24-36-18-16-28(17-19-36)33(39)38-22-20-37(21-23-38)31(25-8-4-2-5-9-25)26-10-6-3-7-11-26/h2-15,28,31H,16-24H2,1H3. The second kappa shape index (κ2) is 12.7. The van der Waals surface area contributed by atoms with Crippen molar-refractivity contribution >= 4 is 5.91 Å². The Morgan fingerprint density at radius 1 is 0.854 bits per heavy atom. The van der Waals surface area contributed by atoms with Gasteiger partial charge in [-0.25, -0.2) is 0 Å². The summed E-state index contributed by atoms with van der Waals surface area (Å²) in [4.78, 5) is 25.0. The highest BCUT2D eigenvalue weighted by molar-refractivity contribution is 5.79. The minimum Gasteiger partial charge on any atom is -0.497 e. The van der Waals surface area contributed by atoms with Gasteiger partial charge < -0.3 is 14.2 Å². The maximum Gasteiger partial charge on any atom is 0.241 e. The molecule has 6 rings (SSSR count). The monoisotopic (exact) mass is 551 g/mol. The van der Waals surface area contributed by atoms with Crippen molar-refractivity contribution in [2.75, 3.05) is 46.4 Å². The van der Waals surface area contributed by atoms with Crippen LogP contribution in [-0.4, -0.2) is 77.1 Å². The quantitative estimate of drug-likeness (QED) is 0.309. The lowest BCUT2D eigenvalue weighted by molar-refractivity contribution is -0.139. The molecule has 0 aliphatic carbocycles. The molecule has 0 N–H and O–H groups in total. The lowest BCUT2D eigenvalue weighted by Crippen LogP contribution is -2.52. The third-order valence-corrected chi connectivity index (χ3v) is 8.33. The molecule has 0 radical (unpaired) electrons. The van der Waals surface area contributed by atoms with Crippen LogP contribution >= 0.6 is 0 Å². The molecule has 0 unspecified atom stereocenters. The summed E-state index contributed by atoms with van der Waals surface area (Å²) < 4.78 is 10.7. The average molecular weight is 552 g/mol. The first-order valence-corrected chi connectivity index (χ1v) is 14.5. The van der Waals surface area contributed by atoms with E-state index in [-0.39, 0.29) is 12.0 Å². The number of methoxy groups -OCH3 is 1. The van der Waals surface area contributed by atoms with Gasteiger partial charge in [-0.1, -0.05) is 65.8 Å². The number of amides is 1. The summed E-state index contributed by atoms with van der Waals surface area (Å²) in [5.74, 6) is 2.35. The number of benzene rings is 3. The van der Waals surface area contributed by atoms with Crippen LogP contribution in [0.4, 0.5) is 0 Å². The Kier molecular flexibility index (Phi) is 8.39. The maximum atomic E-state index is 13.5. The van der Waals surface area contributed by atoms with Gasteiger partial charge >= 0.3 is 0 Å². The van der Waals surface area contributed by atoms with Crippen molar-refractivity contribution in [1.82, 2.24) is 24.8 Å². The zero-order valence-corrected chi connectivity index (χ0v) is 23.6. The molecule has 0 saturated carbocycles. The molecule has 1 amide bonds. The zero-order valence-electron chi connectivity index (χ0n) is 23.6. The first-order valence-electron chi connectivity index (χ1n) is 14.5. The van der Waals surface area contributed by atoms with Crippen molar-refractivity contribution in [3.8, 4) is 17.1 Å². The summed E-state index contributed by atoms with van der Waals surface area (Å²) in [6, 6.07) is 29.2. The lowest BCUT2D eigenvalue weighted by Gasteiger charge is -2.41. The first kappa shape index (κ1) is 27.2. The molecular formula is C33H37N5O3. The Morgan fingerprint density at radius 2 is 1.46 bits per heavy atom. The largest absolute Gasteiger partial charge is 0.497 e. The number of piperidine rings is 1. The van der Waals surface area contributed by atoms with E-state index in [2.05, 4.69) is 85.5 Å². The molecule has 212 valence electrons. The molecule has 1 aromatic heterocycles. The van der Waals surface area contributed by atoms with Crippen LogP contribution in [0.5, 0.6) is 5.75 Å². The van der Waals surface area contributed by atoms with Gasteiger partial charge in [-0.15, -0.1) is 0 Å². The van der Waals surface area contributed by atoms with Crippen LogP contribution in [0.3, 0.4) is 0 Å². The van der Waals surface area contributed by atoms with Gasteiger partial charge in [-0.3, -0.25) is 14.6 Å². The minimum atomic E-state index is 0.0781. The highest BCUT2D eigenvalue weighted by Gasteiger charge is 2.33. The third kappa shape index (κ3) is 6.34. The minimum absolute atomic E-state index is 0.0781. The van der Waals surface area contributed by atoms with Crippen molar-refractivity contribution in [3.05, 3.63) is 102 Å². The van der Waals surface area contributed by atoms with E-state index >= 15 is 0 Å². The van der Waals surface area contributed by atoms with Crippen LogP contribution in [0, 0.1) is 5.92 Å². The molecule has 2 aliphatic heterocycles. The Balaban J connectivity index is 1.00. The Hall–Kier alpha value is -4.01. The molecule has 8 heteroatoms. The van der Waals surface area contributed by atoms with Crippen molar-refractivity contribution < 1.29 is 14.1 Å². The first-order chi connectivity index (χ1) is 20.2. The van der Waals surface area contributed by atoms with E-state index in [1.54, 1.807) is 7.11 Å². The van der Waals surface area contributed by atoms with Gasteiger partial charge in [0.1, 0.15) is 5.75 Å². The van der Waals surface area contributed by atoms with Gasteiger partial charge in [0.05, 0.1) is 19.7 Å². The number of hydrogen-bond donors (Lipinski definition) is 0. The van der Waals surface area contributed by atoms with Gasteiger partial charge in [0, 0.05) is 37.7 Å². The van der Waals surface area contributed by atoms with Gasteiger partial charge in [0.2, 0.25) is 17.6 Å². The predicted molar refractivity (Wildman–Crippen MR) is 157 cm³/mol. The predicted octanol–water partition coefficient (Wildman–Crippen LogP) is 4.89. The van der Waals surface area contributed by atoms with Crippen molar-refractivity contribution in [1.29, 1.82) is 0 Å². The van der Waals surface area contributed by atoms with E-state index in [0.29, 0.717) is 24.2 Å². The number of hydrogen-bond acceptors (Lipinski definition) is 7. The zero-order chi connectivity index (χ0) is 28.0. The van der Waals surface area contributed by atoms with Crippen LogP contribution in [-0.2, 0) is 11.3 Å². The number of nitrogens with zero attached hydrogens (tertiary/aromatic N) is 5. The van der Waals surface area contributed by atoms with Crippen molar-refractivity contribution in [2.45, 2.75) is 25.4 Å². The molecule has 2 saturated heterocycles. The number of piperazine rings is 1. The highest BCUT2D eigenvalue weighted by atomic mass is 16.5. The molecule has 4 aromatic rings. The van der Waals surface area contributed by atoms with Crippen molar-refractivity contribution in [2.24, 2.45) is 5.92 Å². The van der Waals surface area contributed by atoms with E-state index in [1.807, 2.05) is 24.3 Å². The summed E-state index contributed by atoms with van der Waals surface area (Å²) in [6.07, 6.45) is 1.71. The van der Waals surface area contributed by atoms with E-state index in [0.717, 1.165) is 63.4 Å². The van der Waals surface area contributed by atoms with E-state index in [4.69, 9.17) is 9.26 Å². The fourth-order valence-corrected chi connectivity index (χ4v) is 6.05. The maximum absolute atomic E-state index is 13.5. The number of carbonyl (C=O) groups excluding carboxylic acids is 1. The number of carbonyl (C=O) groups is 1. The van der Waals surface area contributed by atoms with Gasteiger partial charge in [0.25, 0.3) is 0 Å². The summed E-state index contributed by atoms with van der Waals surface area (Å²) in [5, 5.41) is 4.15. The highest BCUT2D eigenvalue weighted by Crippen LogP contribution is 2.30. The smallest absolute Gasteiger partial charge is 0.241 e. The molecule has 0 spiro atoms. The fraction of sp³-hybridized carbons (Fsp3) is 0.364. The van der Waals surface area contributed by atoms with Crippen molar-refractivity contribution in [3.63, 3.8) is 0 Å². The van der Waals surface area contributed by atoms with E-state index in [1.165, 1.54) is 11.1 Å². The Morgan fingerprint density at radius 3 is 2.05 bits per heavy atom. The number of likely N-dealkylation sites (tertiary alicyclic amines) is 1. The van der Waals surface area contributed by atoms with Crippen LogP contribution < -0.4 is 4.74 Å². The molecular weight excluding hydrogens is 514 g/mol. The molecule has 8 nitrogen and oxygen atoms in total. The number of ether oxygens (including phenoxy) is 1. The number of aromatic nitrogens is 2. The summed E-state index contributed by atoms with van der Waals surface area (Å²) in [7, 11) is 1.65. The Bertz CT molecular complexity index is 1350. The number of rotatable bonds is 8. The van der Waals surface area contributed by atoms with Crippen LogP contribution in [0.25, 0.3) is 11.4 Å². The summed E-state index contributed by atoms with van der Waals surface area (Å²) in [6.45, 7) is 5.57. The van der Waals surface area contributed by atoms with Crippen LogP contribution in [0.1, 0.15) is 35.9 Å². The molecule has 0 atom stereocenters. The summed E-state index contributed by atoms with van der Waals surface area (Å²) in [5.41, 5.74) is 3.48. The van der Waals surface area contributed by atoms with E-state index < -0.39 is 0 Å². The van der Waals surface area contributed by atoms with Crippen LogP contribution in [0.15, 0.2) is 89.5 Å². The van der Waals surface area contributed by atoms with Gasteiger partial charge in [-0.2, -0.15) is 4.98 Å². The summed E-state index contributed by atoms with van der Waals surface area (Å²) >= 11 is 0. The second-order valence-corrected chi connectivity index (χ2v) is 10.9. The molecule has 2 aliphatic rings.